The van der Waals surface area contributed by atoms with E-state index in [1.54, 1.807) is 29.7 Å². The van der Waals surface area contributed by atoms with Gasteiger partial charge in [-0.2, -0.15) is 0 Å². The van der Waals surface area contributed by atoms with E-state index in [2.05, 4.69) is 31.9 Å². The number of benzene rings is 1. The molecule has 5 rings (SSSR count). The molecular weight excluding hydrogens is 530 g/mol. The van der Waals surface area contributed by atoms with Crippen LogP contribution in [0.2, 0.25) is 10.0 Å². The third-order valence-corrected chi connectivity index (χ3v) is 8.73. The third kappa shape index (κ3) is 6.55. The van der Waals surface area contributed by atoms with Crippen molar-refractivity contribution in [3.63, 3.8) is 0 Å². The molecule has 0 saturated carbocycles. The van der Waals surface area contributed by atoms with E-state index in [-0.39, 0.29) is 5.82 Å². The second-order valence-corrected chi connectivity index (χ2v) is 11.6. The predicted octanol–water partition coefficient (Wildman–Crippen LogP) is 6.16. The van der Waals surface area contributed by atoms with Crippen molar-refractivity contribution in [1.82, 2.24) is 19.8 Å². The Hall–Kier alpha value is -1.97. The summed E-state index contributed by atoms with van der Waals surface area (Å²) in [6.45, 7) is 8.35. The second kappa shape index (κ2) is 12.3. The summed E-state index contributed by atoms with van der Waals surface area (Å²) in [7, 11) is 0. The van der Waals surface area contributed by atoms with Crippen LogP contribution in [0.4, 0.5) is 15.3 Å². The van der Waals surface area contributed by atoms with E-state index in [0.29, 0.717) is 35.2 Å². The Bertz CT molecular complexity index is 1170. The number of halogens is 3. The molecule has 1 atom stereocenters. The third-order valence-electron chi connectivity index (χ3n) is 7.49. The van der Waals surface area contributed by atoms with Crippen molar-refractivity contribution in [3.8, 4) is 0 Å². The zero-order valence-corrected chi connectivity index (χ0v) is 23.4. The molecule has 2 saturated heterocycles. The lowest BCUT2D eigenvalue weighted by Gasteiger charge is -2.47. The topological polar surface area (TPSA) is 47.5 Å². The molecule has 0 unspecified atom stereocenters. The standard InChI is InChI=1S/C27H33Cl2FN6S/c1-2-22-18-35(26-24(29)13-19(15-32-26)16-33-27-31-7-12-37-27)10-11-36(22)23-5-8-34(9-6-23)17-20-3-4-21(28)14-25(20)30/h3-4,7,12-15,22-23H,2,5-6,8-11,16-18H2,1H3,(H,31,33)/t22-/m0/s1. The zero-order valence-electron chi connectivity index (χ0n) is 21.0. The first-order valence-corrected chi connectivity index (χ1v) is 14.6. The number of aromatic nitrogens is 2. The van der Waals surface area contributed by atoms with Crippen molar-refractivity contribution in [2.45, 2.75) is 51.4 Å². The van der Waals surface area contributed by atoms with Crippen LogP contribution < -0.4 is 10.2 Å². The maximum absolute atomic E-state index is 14.2. The molecular formula is C27H33Cl2FN6S. The van der Waals surface area contributed by atoms with Gasteiger partial charge >= 0.3 is 0 Å². The molecule has 0 amide bonds. The van der Waals surface area contributed by atoms with Crippen LogP contribution in [-0.2, 0) is 13.1 Å². The minimum absolute atomic E-state index is 0.215. The van der Waals surface area contributed by atoms with Gasteiger partial charge in [0.1, 0.15) is 11.6 Å². The van der Waals surface area contributed by atoms with Crippen LogP contribution in [0.5, 0.6) is 0 Å². The molecule has 37 heavy (non-hydrogen) atoms. The van der Waals surface area contributed by atoms with E-state index in [1.807, 2.05) is 17.6 Å². The van der Waals surface area contributed by atoms with Crippen molar-refractivity contribution >= 4 is 45.5 Å². The summed E-state index contributed by atoms with van der Waals surface area (Å²) in [5.74, 6) is 0.658. The molecule has 2 aliphatic rings. The lowest BCUT2D eigenvalue weighted by atomic mass is 9.97. The van der Waals surface area contributed by atoms with Gasteiger partial charge in [-0.1, -0.05) is 36.2 Å². The molecule has 4 heterocycles. The minimum atomic E-state index is -0.215. The quantitative estimate of drug-likeness (QED) is 0.354. The van der Waals surface area contributed by atoms with Crippen molar-refractivity contribution in [2.24, 2.45) is 0 Å². The first kappa shape index (κ1) is 26.6. The number of nitrogens with zero attached hydrogens (tertiary/aromatic N) is 5. The number of hydrogen-bond acceptors (Lipinski definition) is 7. The highest BCUT2D eigenvalue weighted by atomic mass is 35.5. The largest absolute Gasteiger partial charge is 0.357 e. The van der Waals surface area contributed by atoms with Crippen LogP contribution in [0.15, 0.2) is 42.0 Å². The summed E-state index contributed by atoms with van der Waals surface area (Å²) in [5, 5.41) is 7.30. The summed E-state index contributed by atoms with van der Waals surface area (Å²) in [4.78, 5) is 16.4. The van der Waals surface area contributed by atoms with E-state index >= 15 is 0 Å². The molecule has 198 valence electrons. The number of pyridine rings is 1. The van der Waals surface area contributed by atoms with Gasteiger partial charge in [-0.15, -0.1) is 11.3 Å². The zero-order chi connectivity index (χ0) is 25.8. The summed E-state index contributed by atoms with van der Waals surface area (Å²) >= 11 is 14.2. The number of hydrogen-bond donors (Lipinski definition) is 1. The van der Waals surface area contributed by atoms with E-state index in [1.165, 1.54) is 6.07 Å². The molecule has 2 aliphatic heterocycles. The normalized spacial score (nSPS) is 19.9. The molecule has 2 fully saturated rings. The highest BCUT2D eigenvalue weighted by molar-refractivity contribution is 7.13. The minimum Gasteiger partial charge on any atom is -0.357 e. The Morgan fingerprint density at radius 1 is 1.11 bits per heavy atom. The fourth-order valence-electron chi connectivity index (χ4n) is 5.49. The second-order valence-electron chi connectivity index (χ2n) is 9.83. The number of rotatable bonds is 8. The van der Waals surface area contributed by atoms with Gasteiger partial charge in [0, 0.05) is 73.2 Å². The van der Waals surface area contributed by atoms with E-state index in [4.69, 9.17) is 28.2 Å². The number of piperidine rings is 1. The number of anilines is 2. The number of nitrogens with one attached hydrogen (secondary N) is 1. The van der Waals surface area contributed by atoms with Gasteiger partial charge in [0.25, 0.3) is 0 Å². The SMILES string of the molecule is CC[C@H]1CN(c2ncc(CNc3nccs3)cc2Cl)CCN1C1CCN(Cc2ccc(Cl)cc2F)CC1. The van der Waals surface area contributed by atoms with Crippen LogP contribution in [-0.4, -0.2) is 64.6 Å². The molecule has 0 radical (unpaired) electrons. The van der Waals surface area contributed by atoms with Crippen LogP contribution in [0, 0.1) is 5.82 Å². The number of piperazine rings is 1. The predicted molar refractivity (Wildman–Crippen MR) is 151 cm³/mol. The van der Waals surface area contributed by atoms with Crippen molar-refractivity contribution in [2.75, 3.05) is 42.9 Å². The van der Waals surface area contributed by atoms with E-state index < -0.39 is 0 Å². The van der Waals surface area contributed by atoms with Gasteiger partial charge in [0.15, 0.2) is 5.13 Å². The fourth-order valence-corrected chi connectivity index (χ4v) is 6.49. The molecule has 0 aliphatic carbocycles. The Balaban J connectivity index is 1.15. The molecule has 6 nitrogen and oxygen atoms in total. The smallest absolute Gasteiger partial charge is 0.182 e. The summed E-state index contributed by atoms with van der Waals surface area (Å²) in [6.07, 6.45) is 6.99. The first-order valence-electron chi connectivity index (χ1n) is 12.9. The van der Waals surface area contributed by atoms with Crippen LogP contribution in [0.3, 0.4) is 0 Å². The lowest BCUT2D eigenvalue weighted by molar-refractivity contribution is 0.0607. The highest BCUT2D eigenvalue weighted by Gasteiger charge is 2.34. The maximum atomic E-state index is 14.2. The Labute approximate surface area is 232 Å². The van der Waals surface area contributed by atoms with Gasteiger partial charge in [0.05, 0.1) is 5.02 Å². The van der Waals surface area contributed by atoms with Gasteiger partial charge in [-0.05, 0) is 56.1 Å². The Morgan fingerprint density at radius 3 is 2.65 bits per heavy atom. The summed E-state index contributed by atoms with van der Waals surface area (Å²) in [5.41, 5.74) is 1.76. The molecule has 2 aromatic heterocycles. The maximum Gasteiger partial charge on any atom is 0.182 e. The fraction of sp³-hybridized carbons (Fsp3) is 0.481. The number of thiazole rings is 1. The molecule has 0 bridgehead atoms. The van der Waals surface area contributed by atoms with Crippen molar-refractivity contribution < 1.29 is 4.39 Å². The molecule has 1 N–H and O–H groups in total. The Morgan fingerprint density at radius 2 is 1.95 bits per heavy atom. The first-order chi connectivity index (χ1) is 18.0. The van der Waals surface area contributed by atoms with Gasteiger partial charge in [-0.3, -0.25) is 9.80 Å². The molecule has 0 spiro atoms. The Kier molecular flexibility index (Phi) is 8.82. The van der Waals surface area contributed by atoms with Crippen LogP contribution in [0.1, 0.15) is 37.3 Å². The van der Waals surface area contributed by atoms with Crippen LogP contribution >= 0.6 is 34.5 Å². The van der Waals surface area contributed by atoms with Gasteiger partial charge in [0.2, 0.25) is 0 Å². The van der Waals surface area contributed by atoms with E-state index in [0.717, 1.165) is 74.1 Å². The average Bonchev–Trinajstić information content (AvgIpc) is 3.43. The summed E-state index contributed by atoms with van der Waals surface area (Å²) in [6, 6.07) is 8.01. The van der Waals surface area contributed by atoms with Gasteiger partial charge in [-0.25, -0.2) is 14.4 Å². The monoisotopic (exact) mass is 562 g/mol. The van der Waals surface area contributed by atoms with E-state index in [9.17, 15) is 4.39 Å². The van der Waals surface area contributed by atoms with Crippen molar-refractivity contribution in [1.29, 1.82) is 0 Å². The molecule has 1 aromatic carbocycles. The van der Waals surface area contributed by atoms with Crippen LogP contribution in [0.25, 0.3) is 0 Å². The highest BCUT2D eigenvalue weighted by Crippen LogP contribution is 2.30. The molecule has 3 aromatic rings. The molecule has 10 heteroatoms. The van der Waals surface area contributed by atoms with Crippen molar-refractivity contribution in [3.05, 3.63) is 69.0 Å². The lowest BCUT2D eigenvalue weighted by Crippen LogP contribution is -2.58. The summed E-state index contributed by atoms with van der Waals surface area (Å²) < 4.78 is 14.2. The van der Waals surface area contributed by atoms with Gasteiger partial charge < -0.3 is 10.2 Å². The number of likely N-dealkylation sites (tertiary alicyclic amines) is 1. The average molecular weight is 564 g/mol.